The van der Waals surface area contributed by atoms with Crippen LogP contribution in [0.3, 0.4) is 0 Å². The number of ether oxygens (including phenoxy) is 2. The highest BCUT2D eigenvalue weighted by atomic mass is 16.5. The van der Waals surface area contributed by atoms with Crippen LogP contribution >= 0.6 is 0 Å². The summed E-state index contributed by atoms with van der Waals surface area (Å²) in [6.45, 7) is 4.77. The normalized spacial score (nSPS) is 11.5. The van der Waals surface area contributed by atoms with Crippen LogP contribution in [0.15, 0.2) is 0 Å². The number of amides is 1. The predicted molar refractivity (Wildman–Crippen MR) is 56.6 cm³/mol. The van der Waals surface area contributed by atoms with E-state index >= 15 is 0 Å². The van der Waals surface area contributed by atoms with Gasteiger partial charge >= 0.3 is 0 Å². The molecule has 0 spiro atoms. The molecule has 5 heteroatoms. The number of carbonyl (C=O) groups is 1. The Labute approximate surface area is 91.0 Å². The van der Waals surface area contributed by atoms with E-state index in [2.05, 4.69) is 0 Å². The summed E-state index contributed by atoms with van der Waals surface area (Å²) in [5, 5.41) is 9.58. The molecule has 1 amide bonds. The molecular formula is C10H21NO4. The molecule has 0 aromatic carbocycles. The van der Waals surface area contributed by atoms with Gasteiger partial charge in [0.25, 0.3) is 5.91 Å². The minimum atomic E-state index is -1.35. The number of hydrogen-bond acceptors (Lipinski definition) is 4. The lowest BCUT2D eigenvalue weighted by molar-refractivity contribution is -0.149. The van der Waals surface area contributed by atoms with E-state index in [0.717, 1.165) is 0 Å². The van der Waals surface area contributed by atoms with Crippen molar-refractivity contribution in [2.75, 3.05) is 40.5 Å². The van der Waals surface area contributed by atoms with Crippen molar-refractivity contribution in [3.8, 4) is 0 Å². The first-order chi connectivity index (χ1) is 6.93. The second-order valence-electron chi connectivity index (χ2n) is 3.84. The van der Waals surface area contributed by atoms with Gasteiger partial charge in [0, 0.05) is 27.3 Å². The SMILES string of the molecule is COCCN(CCOC)C(=O)C(C)(C)O. The van der Waals surface area contributed by atoms with Crippen LogP contribution in [-0.2, 0) is 14.3 Å². The van der Waals surface area contributed by atoms with Gasteiger partial charge in [-0.2, -0.15) is 0 Å². The molecule has 0 bridgehead atoms. The highest BCUT2D eigenvalue weighted by molar-refractivity contribution is 5.84. The quantitative estimate of drug-likeness (QED) is 0.648. The number of rotatable bonds is 7. The summed E-state index contributed by atoms with van der Waals surface area (Å²) in [6, 6.07) is 0. The second kappa shape index (κ2) is 6.76. The monoisotopic (exact) mass is 219 g/mol. The van der Waals surface area contributed by atoms with E-state index in [4.69, 9.17) is 9.47 Å². The summed E-state index contributed by atoms with van der Waals surface area (Å²) in [5.74, 6) is -0.309. The van der Waals surface area contributed by atoms with Gasteiger partial charge in [0.2, 0.25) is 0 Å². The fraction of sp³-hybridized carbons (Fsp3) is 0.900. The maximum atomic E-state index is 11.7. The Morgan fingerprint density at radius 2 is 1.60 bits per heavy atom. The first kappa shape index (κ1) is 14.3. The number of nitrogens with zero attached hydrogens (tertiary/aromatic N) is 1. The predicted octanol–water partition coefficient (Wildman–Crippen LogP) is -0.121. The van der Waals surface area contributed by atoms with Crippen LogP contribution < -0.4 is 0 Å². The zero-order valence-corrected chi connectivity index (χ0v) is 9.95. The van der Waals surface area contributed by atoms with Crippen molar-refractivity contribution in [1.29, 1.82) is 0 Å². The number of hydrogen-bond donors (Lipinski definition) is 1. The summed E-state index contributed by atoms with van der Waals surface area (Å²) < 4.78 is 9.80. The van der Waals surface area contributed by atoms with E-state index in [1.165, 1.54) is 18.7 Å². The zero-order chi connectivity index (χ0) is 11.9. The van der Waals surface area contributed by atoms with Gasteiger partial charge in [-0.3, -0.25) is 4.79 Å². The van der Waals surface area contributed by atoms with Crippen molar-refractivity contribution in [2.45, 2.75) is 19.4 Å². The molecule has 5 nitrogen and oxygen atoms in total. The fourth-order valence-electron chi connectivity index (χ4n) is 1.10. The molecule has 0 saturated heterocycles. The Morgan fingerprint density at radius 3 is 1.87 bits per heavy atom. The summed E-state index contributed by atoms with van der Waals surface area (Å²) in [4.78, 5) is 13.3. The minimum absolute atomic E-state index is 0.309. The molecule has 0 radical (unpaired) electrons. The summed E-state index contributed by atoms with van der Waals surface area (Å²) >= 11 is 0. The van der Waals surface area contributed by atoms with E-state index in [1.54, 1.807) is 14.2 Å². The lowest BCUT2D eigenvalue weighted by Crippen LogP contribution is -2.47. The van der Waals surface area contributed by atoms with Gasteiger partial charge in [0.05, 0.1) is 13.2 Å². The molecule has 0 aromatic heterocycles. The number of aliphatic hydroxyl groups is 1. The third kappa shape index (κ3) is 5.71. The lowest BCUT2D eigenvalue weighted by Gasteiger charge is -2.28. The Hall–Kier alpha value is -0.650. The van der Waals surface area contributed by atoms with E-state index in [1.807, 2.05) is 0 Å². The zero-order valence-electron chi connectivity index (χ0n) is 9.95. The van der Waals surface area contributed by atoms with Crippen LogP contribution in [0.2, 0.25) is 0 Å². The molecular weight excluding hydrogens is 198 g/mol. The third-order valence-corrected chi connectivity index (χ3v) is 1.94. The van der Waals surface area contributed by atoms with Crippen LogP contribution in [0.1, 0.15) is 13.8 Å². The average Bonchev–Trinajstić information content (AvgIpc) is 2.16. The van der Waals surface area contributed by atoms with Gasteiger partial charge in [0.1, 0.15) is 5.60 Å². The van der Waals surface area contributed by atoms with Crippen molar-refractivity contribution in [1.82, 2.24) is 4.90 Å². The molecule has 1 N–H and O–H groups in total. The molecule has 0 aliphatic carbocycles. The fourth-order valence-corrected chi connectivity index (χ4v) is 1.10. The maximum Gasteiger partial charge on any atom is 0.254 e. The molecule has 0 aliphatic heterocycles. The first-order valence-electron chi connectivity index (χ1n) is 4.93. The van der Waals surface area contributed by atoms with Crippen molar-refractivity contribution >= 4 is 5.91 Å². The van der Waals surface area contributed by atoms with Crippen molar-refractivity contribution in [3.63, 3.8) is 0 Å². The van der Waals surface area contributed by atoms with Gasteiger partial charge in [-0.15, -0.1) is 0 Å². The summed E-state index contributed by atoms with van der Waals surface area (Å²) in [6.07, 6.45) is 0. The van der Waals surface area contributed by atoms with Gasteiger partial charge < -0.3 is 19.5 Å². The van der Waals surface area contributed by atoms with Crippen molar-refractivity contribution < 1.29 is 19.4 Å². The van der Waals surface area contributed by atoms with Crippen LogP contribution in [0, 0.1) is 0 Å². The minimum Gasteiger partial charge on any atom is -0.383 e. The van der Waals surface area contributed by atoms with Gasteiger partial charge in [-0.25, -0.2) is 0 Å². The molecule has 0 fully saturated rings. The molecule has 0 unspecified atom stereocenters. The molecule has 90 valence electrons. The van der Waals surface area contributed by atoms with Gasteiger partial charge in [-0.1, -0.05) is 0 Å². The largest absolute Gasteiger partial charge is 0.383 e. The topological polar surface area (TPSA) is 59.0 Å². The molecule has 0 aromatic rings. The smallest absolute Gasteiger partial charge is 0.254 e. The summed E-state index contributed by atoms with van der Waals surface area (Å²) in [5.41, 5.74) is -1.35. The molecule has 0 aliphatic rings. The van der Waals surface area contributed by atoms with E-state index in [-0.39, 0.29) is 5.91 Å². The van der Waals surface area contributed by atoms with E-state index in [0.29, 0.717) is 26.3 Å². The van der Waals surface area contributed by atoms with Crippen molar-refractivity contribution in [2.24, 2.45) is 0 Å². The average molecular weight is 219 g/mol. The van der Waals surface area contributed by atoms with Crippen LogP contribution in [-0.4, -0.2) is 62.0 Å². The summed E-state index contributed by atoms with van der Waals surface area (Å²) in [7, 11) is 3.14. The standard InChI is InChI=1S/C10H21NO4/c1-10(2,13)9(12)11(5-7-14-3)6-8-15-4/h13H,5-8H2,1-4H3. The van der Waals surface area contributed by atoms with Gasteiger partial charge in [0.15, 0.2) is 0 Å². The Kier molecular flexibility index (Phi) is 6.47. The second-order valence-corrected chi connectivity index (χ2v) is 3.84. The van der Waals surface area contributed by atoms with Crippen LogP contribution in [0.4, 0.5) is 0 Å². The number of carbonyl (C=O) groups excluding carboxylic acids is 1. The van der Waals surface area contributed by atoms with E-state index < -0.39 is 5.60 Å². The number of methoxy groups -OCH3 is 2. The Morgan fingerprint density at radius 1 is 1.20 bits per heavy atom. The molecule has 0 saturated carbocycles. The maximum absolute atomic E-state index is 11.7. The Balaban J connectivity index is 4.27. The first-order valence-corrected chi connectivity index (χ1v) is 4.93. The molecule has 15 heavy (non-hydrogen) atoms. The highest BCUT2D eigenvalue weighted by Crippen LogP contribution is 2.07. The third-order valence-electron chi connectivity index (χ3n) is 1.94. The highest BCUT2D eigenvalue weighted by Gasteiger charge is 2.28. The van der Waals surface area contributed by atoms with Crippen LogP contribution in [0.5, 0.6) is 0 Å². The molecule has 0 atom stereocenters. The van der Waals surface area contributed by atoms with E-state index in [9.17, 15) is 9.90 Å². The van der Waals surface area contributed by atoms with Gasteiger partial charge in [-0.05, 0) is 13.8 Å². The Bertz CT molecular complexity index is 180. The molecule has 0 rings (SSSR count). The lowest BCUT2D eigenvalue weighted by atomic mass is 10.1. The molecule has 0 heterocycles. The van der Waals surface area contributed by atoms with Crippen LogP contribution in [0.25, 0.3) is 0 Å². The van der Waals surface area contributed by atoms with Crippen molar-refractivity contribution in [3.05, 3.63) is 0 Å².